The maximum atomic E-state index is 5.86. The Kier molecular flexibility index (Phi) is 2.83. The van der Waals surface area contributed by atoms with Crippen LogP contribution in [0.15, 0.2) is 18.2 Å². The molecule has 0 spiro atoms. The summed E-state index contributed by atoms with van der Waals surface area (Å²) in [5, 5.41) is 12.2. The lowest BCUT2D eigenvalue weighted by molar-refractivity contribution is 0.324. The van der Waals surface area contributed by atoms with Crippen LogP contribution in [-0.2, 0) is 13.0 Å². The van der Waals surface area contributed by atoms with Crippen LogP contribution in [0.5, 0.6) is 5.75 Å². The topological polar surface area (TPSA) is 52.0 Å². The van der Waals surface area contributed by atoms with E-state index in [1.54, 1.807) is 0 Å². The van der Waals surface area contributed by atoms with Gasteiger partial charge in [0.05, 0.1) is 11.3 Å². The molecule has 4 rings (SSSR count). The van der Waals surface area contributed by atoms with Gasteiger partial charge in [0.1, 0.15) is 12.4 Å². The van der Waals surface area contributed by atoms with E-state index >= 15 is 0 Å². The molecular weight excluding hydrogens is 252 g/mol. The monoisotopic (exact) mass is 270 g/mol. The second-order valence-corrected chi connectivity index (χ2v) is 5.36. The number of ether oxygens (including phenoxy) is 1. The average Bonchev–Trinajstić information content (AvgIpc) is 2.75. The SMILES string of the molecule is c1cc2c(c(-c3nnc4n3CCCCC4)c1)OCCN2. The van der Waals surface area contributed by atoms with Crippen molar-refractivity contribution in [2.24, 2.45) is 0 Å². The van der Waals surface area contributed by atoms with Crippen LogP contribution in [0.3, 0.4) is 0 Å². The van der Waals surface area contributed by atoms with E-state index in [2.05, 4.69) is 32.2 Å². The summed E-state index contributed by atoms with van der Waals surface area (Å²) in [7, 11) is 0. The summed E-state index contributed by atoms with van der Waals surface area (Å²) in [5.41, 5.74) is 2.11. The van der Waals surface area contributed by atoms with Gasteiger partial charge in [-0.25, -0.2) is 0 Å². The smallest absolute Gasteiger partial charge is 0.167 e. The molecule has 20 heavy (non-hydrogen) atoms. The minimum absolute atomic E-state index is 0.699. The van der Waals surface area contributed by atoms with Gasteiger partial charge in [0, 0.05) is 19.5 Å². The number of fused-ring (bicyclic) bond motifs is 2. The van der Waals surface area contributed by atoms with E-state index in [9.17, 15) is 0 Å². The molecule has 1 aromatic heterocycles. The van der Waals surface area contributed by atoms with Crippen LogP contribution in [0, 0.1) is 0 Å². The first-order chi connectivity index (χ1) is 9.93. The Balaban J connectivity index is 1.84. The van der Waals surface area contributed by atoms with E-state index < -0.39 is 0 Å². The molecule has 5 heteroatoms. The Morgan fingerprint density at radius 1 is 1.15 bits per heavy atom. The first-order valence-corrected chi connectivity index (χ1v) is 7.35. The zero-order valence-electron chi connectivity index (χ0n) is 11.4. The Labute approximate surface area is 118 Å². The van der Waals surface area contributed by atoms with Crippen molar-refractivity contribution in [1.29, 1.82) is 0 Å². The summed E-state index contributed by atoms with van der Waals surface area (Å²) < 4.78 is 8.12. The summed E-state index contributed by atoms with van der Waals surface area (Å²) >= 11 is 0. The van der Waals surface area contributed by atoms with E-state index in [1.807, 2.05) is 6.07 Å². The molecule has 0 aliphatic carbocycles. The van der Waals surface area contributed by atoms with Crippen molar-refractivity contribution in [3.05, 3.63) is 24.0 Å². The molecule has 2 aromatic rings. The summed E-state index contributed by atoms with van der Waals surface area (Å²) in [6.45, 7) is 2.56. The maximum Gasteiger partial charge on any atom is 0.167 e. The number of nitrogens with zero attached hydrogens (tertiary/aromatic N) is 3. The fourth-order valence-electron chi connectivity index (χ4n) is 3.03. The fourth-order valence-corrected chi connectivity index (χ4v) is 3.03. The zero-order valence-corrected chi connectivity index (χ0v) is 11.4. The Morgan fingerprint density at radius 2 is 2.15 bits per heavy atom. The summed E-state index contributed by atoms with van der Waals surface area (Å²) in [4.78, 5) is 0. The highest BCUT2D eigenvalue weighted by Gasteiger charge is 2.21. The molecule has 2 aliphatic rings. The second kappa shape index (κ2) is 4.81. The van der Waals surface area contributed by atoms with Crippen LogP contribution in [0.1, 0.15) is 25.1 Å². The van der Waals surface area contributed by atoms with E-state index in [-0.39, 0.29) is 0 Å². The van der Waals surface area contributed by atoms with Gasteiger partial charge in [0.25, 0.3) is 0 Å². The molecule has 0 saturated carbocycles. The van der Waals surface area contributed by atoms with Crippen LogP contribution in [0.4, 0.5) is 5.69 Å². The van der Waals surface area contributed by atoms with Gasteiger partial charge in [-0.15, -0.1) is 10.2 Å². The molecule has 0 saturated heterocycles. The standard InChI is InChI=1S/C15H18N4O/c1-2-7-13-17-18-15(19(13)9-3-1)11-5-4-6-12-14(11)20-10-8-16-12/h4-6,16H,1-3,7-10H2. The largest absolute Gasteiger partial charge is 0.489 e. The molecule has 0 radical (unpaired) electrons. The van der Waals surface area contributed by atoms with E-state index in [0.29, 0.717) is 6.61 Å². The van der Waals surface area contributed by atoms with E-state index in [4.69, 9.17) is 4.74 Å². The van der Waals surface area contributed by atoms with Crippen molar-refractivity contribution in [1.82, 2.24) is 14.8 Å². The van der Waals surface area contributed by atoms with Gasteiger partial charge in [-0.2, -0.15) is 0 Å². The van der Waals surface area contributed by atoms with Gasteiger partial charge in [-0.3, -0.25) is 0 Å². The molecular formula is C15H18N4O. The molecule has 0 amide bonds. The predicted molar refractivity (Wildman–Crippen MR) is 77.0 cm³/mol. The van der Waals surface area contributed by atoms with Gasteiger partial charge in [0.2, 0.25) is 0 Å². The summed E-state index contributed by atoms with van der Waals surface area (Å²) in [5.74, 6) is 2.97. The third kappa shape index (κ3) is 1.85. The normalized spacial score (nSPS) is 17.4. The minimum atomic E-state index is 0.699. The number of benzene rings is 1. The van der Waals surface area contributed by atoms with E-state index in [1.165, 1.54) is 19.3 Å². The van der Waals surface area contributed by atoms with Crippen LogP contribution in [0.25, 0.3) is 11.4 Å². The lowest BCUT2D eigenvalue weighted by atomic mass is 10.1. The van der Waals surface area contributed by atoms with Crippen molar-refractivity contribution in [3.8, 4) is 17.1 Å². The van der Waals surface area contributed by atoms with Crippen LogP contribution in [0.2, 0.25) is 0 Å². The highest BCUT2D eigenvalue weighted by Crippen LogP contribution is 2.37. The number of anilines is 1. The molecule has 2 aliphatic heterocycles. The summed E-state index contributed by atoms with van der Waals surface area (Å²) in [6, 6.07) is 6.18. The lowest BCUT2D eigenvalue weighted by Crippen LogP contribution is -2.18. The first kappa shape index (κ1) is 11.8. The van der Waals surface area contributed by atoms with E-state index in [0.717, 1.165) is 48.2 Å². The number of nitrogens with one attached hydrogen (secondary N) is 1. The number of hydrogen-bond acceptors (Lipinski definition) is 4. The fraction of sp³-hybridized carbons (Fsp3) is 0.467. The number of aromatic nitrogens is 3. The van der Waals surface area contributed by atoms with Crippen LogP contribution in [-0.4, -0.2) is 27.9 Å². The second-order valence-electron chi connectivity index (χ2n) is 5.36. The predicted octanol–water partition coefficient (Wildman–Crippen LogP) is 2.48. The van der Waals surface area contributed by atoms with Gasteiger partial charge in [-0.1, -0.05) is 12.5 Å². The number of hydrogen-bond donors (Lipinski definition) is 1. The molecule has 104 valence electrons. The van der Waals surface area contributed by atoms with Crippen LogP contribution >= 0.6 is 0 Å². The maximum absolute atomic E-state index is 5.86. The minimum Gasteiger partial charge on any atom is -0.489 e. The number of para-hydroxylation sites is 1. The zero-order chi connectivity index (χ0) is 13.4. The van der Waals surface area contributed by atoms with Crippen molar-refractivity contribution < 1.29 is 4.74 Å². The third-order valence-electron chi connectivity index (χ3n) is 4.03. The average molecular weight is 270 g/mol. The molecule has 0 fully saturated rings. The lowest BCUT2D eigenvalue weighted by Gasteiger charge is -2.21. The molecule has 0 unspecified atom stereocenters. The van der Waals surface area contributed by atoms with Gasteiger partial charge in [0.15, 0.2) is 11.6 Å². The molecule has 3 heterocycles. The number of rotatable bonds is 1. The van der Waals surface area contributed by atoms with Gasteiger partial charge in [-0.05, 0) is 25.0 Å². The Hall–Kier alpha value is -2.04. The molecule has 0 bridgehead atoms. The summed E-state index contributed by atoms with van der Waals surface area (Å²) in [6.07, 6.45) is 4.71. The highest BCUT2D eigenvalue weighted by molar-refractivity contribution is 5.75. The van der Waals surface area contributed by atoms with Gasteiger partial charge < -0.3 is 14.6 Å². The third-order valence-corrected chi connectivity index (χ3v) is 4.03. The molecule has 0 atom stereocenters. The molecule has 1 N–H and O–H groups in total. The van der Waals surface area contributed by atoms with Gasteiger partial charge >= 0.3 is 0 Å². The van der Waals surface area contributed by atoms with Crippen LogP contribution < -0.4 is 10.1 Å². The van der Waals surface area contributed by atoms with Crippen molar-refractivity contribution >= 4 is 5.69 Å². The quantitative estimate of drug-likeness (QED) is 0.865. The highest BCUT2D eigenvalue weighted by atomic mass is 16.5. The Bertz CT molecular complexity index is 635. The molecule has 1 aromatic carbocycles. The van der Waals surface area contributed by atoms with Crippen molar-refractivity contribution in [2.45, 2.75) is 32.2 Å². The molecule has 5 nitrogen and oxygen atoms in total. The number of aryl methyl sites for hydroxylation is 1. The van der Waals surface area contributed by atoms with Crippen molar-refractivity contribution in [3.63, 3.8) is 0 Å². The van der Waals surface area contributed by atoms with Crippen molar-refractivity contribution in [2.75, 3.05) is 18.5 Å². The Morgan fingerprint density at radius 3 is 3.15 bits per heavy atom. The first-order valence-electron chi connectivity index (χ1n) is 7.35.